The molecule has 0 spiro atoms. The molecule has 1 aliphatic rings. The molecule has 7 nitrogen and oxygen atoms in total. The number of imide groups is 1. The third kappa shape index (κ3) is 7.39. The van der Waals surface area contributed by atoms with E-state index in [1.807, 2.05) is 0 Å². The summed E-state index contributed by atoms with van der Waals surface area (Å²) >= 11 is 7.98. The Morgan fingerprint density at radius 3 is 2.38 bits per heavy atom. The SMILES string of the molecule is COC(=O)N(C)C(=O)OC(C)CC1CC(C)C(C)C1Sc1cc(C(=O)Nc2cc(F)c(F)c(F)c2)ccc1Cl. The van der Waals surface area contributed by atoms with Crippen LogP contribution in [0.1, 0.15) is 44.0 Å². The average Bonchev–Trinajstić information content (AvgIpc) is 3.14. The first-order valence-corrected chi connectivity index (χ1v) is 13.5. The fraction of sp³-hybridized carbons (Fsp3) is 0.444. The van der Waals surface area contributed by atoms with Crippen LogP contribution in [0.2, 0.25) is 5.02 Å². The van der Waals surface area contributed by atoms with Crippen molar-refractivity contribution in [1.82, 2.24) is 4.90 Å². The molecule has 1 N–H and O–H groups in total. The zero-order chi connectivity index (χ0) is 29.0. The second kappa shape index (κ2) is 13.0. The number of methoxy groups -OCH3 is 1. The van der Waals surface area contributed by atoms with Gasteiger partial charge in [-0.2, -0.15) is 0 Å². The molecular weight excluding hydrogens is 557 g/mol. The molecule has 212 valence electrons. The Morgan fingerprint density at radius 1 is 1.13 bits per heavy atom. The highest BCUT2D eigenvalue weighted by atomic mass is 35.5. The standard InChI is InChI=1S/C27H30ClF3N2O5S/c1-13-8-17(9-14(2)38-27(36)33(4)26(35)37-5)24(15(13)3)39-22-10-16(6-7-19(22)28)25(34)32-18-11-20(29)23(31)21(30)12-18/h6-7,10-15,17,24H,8-9H2,1-5H3,(H,32,34). The molecule has 0 heterocycles. The second-order valence-electron chi connectivity index (χ2n) is 9.73. The third-order valence-corrected chi connectivity index (χ3v) is 9.03. The molecule has 0 bridgehead atoms. The Bertz CT molecular complexity index is 1230. The Balaban J connectivity index is 1.73. The van der Waals surface area contributed by atoms with Gasteiger partial charge in [-0.25, -0.2) is 27.7 Å². The lowest BCUT2D eigenvalue weighted by Crippen LogP contribution is -2.36. The predicted molar refractivity (Wildman–Crippen MR) is 143 cm³/mol. The van der Waals surface area contributed by atoms with Crippen molar-refractivity contribution in [3.05, 3.63) is 58.4 Å². The number of anilines is 1. The molecule has 0 saturated heterocycles. The van der Waals surface area contributed by atoms with Crippen LogP contribution in [0.5, 0.6) is 0 Å². The molecule has 5 atom stereocenters. The molecule has 3 rings (SSSR count). The number of carbonyl (C=O) groups is 3. The number of hydrogen-bond acceptors (Lipinski definition) is 6. The Morgan fingerprint density at radius 2 is 1.77 bits per heavy atom. The van der Waals surface area contributed by atoms with Crippen LogP contribution in [0.25, 0.3) is 0 Å². The summed E-state index contributed by atoms with van der Waals surface area (Å²) in [5, 5.41) is 2.88. The van der Waals surface area contributed by atoms with Crippen LogP contribution in [0, 0.1) is 35.2 Å². The first kappa shape index (κ1) is 30.6. The van der Waals surface area contributed by atoms with Gasteiger partial charge in [-0.1, -0.05) is 25.4 Å². The normalized spacial score (nSPS) is 21.3. The maximum atomic E-state index is 13.6. The Kier molecular flexibility index (Phi) is 10.2. The highest BCUT2D eigenvalue weighted by Crippen LogP contribution is 2.49. The molecule has 0 aromatic heterocycles. The highest BCUT2D eigenvalue weighted by molar-refractivity contribution is 8.00. The minimum absolute atomic E-state index is 0.0793. The van der Waals surface area contributed by atoms with E-state index < -0.39 is 41.6 Å². The van der Waals surface area contributed by atoms with Crippen molar-refractivity contribution in [2.75, 3.05) is 19.5 Å². The summed E-state index contributed by atoms with van der Waals surface area (Å²) in [6.45, 7) is 6.04. The van der Waals surface area contributed by atoms with Crippen molar-refractivity contribution in [3.8, 4) is 0 Å². The van der Waals surface area contributed by atoms with Gasteiger partial charge in [0.05, 0.1) is 12.1 Å². The summed E-state index contributed by atoms with van der Waals surface area (Å²) in [4.78, 5) is 38.0. The largest absolute Gasteiger partial charge is 0.452 e. The molecule has 2 aromatic carbocycles. The van der Waals surface area contributed by atoms with Gasteiger partial charge in [0, 0.05) is 40.6 Å². The van der Waals surface area contributed by atoms with E-state index in [0.29, 0.717) is 34.4 Å². The van der Waals surface area contributed by atoms with E-state index in [9.17, 15) is 27.6 Å². The molecule has 5 unspecified atom stereocenters. The van der Waals surface area contributed by atoms with Crippen molar-refractivity contribution in [3.63, 3.8) is 0 Å². The molecule has 1 saturated carbocycles. The van der Waals surface area contributed by atoms with Gasteiger partial charge in [0.2, 0.25) is 0 Å². The molecule has 2 aromatic rings. The van der Waals surface area contributed by atoms with Crippen LogP contribution in [-0.4, -0.2) is 48.5 Å². The quantitative estimate of drug-likeness (QED) is 0.341. The maximum absolute atomic E-state index is 13.6. The van der Waals surface area contributed by atoms with E-state index in [0.717, 1.165) is 11.3 Å². The molecule has 39 heavy (non-hydrogen) atoms. The number of halogens is 4. The molecule has 0 aliphatic heterocycles. The van der Waals surface area contributed by atoms with Gasteiger partial charge < -0.3 is 14.8 Å². The summed E-state index contributed by atoms with van der Waals surface area (Å²) in [5.41, 5.74) is -0.0179. The third-order valence-electron chi connectivity index (χ3n) is 6.91. The Hall–Kier alpha value is -2.92. The second-order valence-corrected chi connectivity index (χ2v) is 11.4. The summed E-state index contributed by atoms with van der Waals surface area (Å²) in [6.07, 6.45) is -0.670. The number of amides is 3. The summed E-state index contributed by atoms with van der Waals surface area (Å²) in [6, 6.07) is 6.04. The summed E-state index contributed by atoms with van der Waals surface area (Å²) < 4.78 is 50.3. The van der Waals surface area contributed by atoms with Crippen molar-refractivity contribution in [1.29, 1.82) is 0 Å². The van der Waals surface area contributed by atoms with Gasteiger partial charge >= 0.3 is 12.2 Å². The van der Waals surface area contributed by atoms with Crippen LogP contribution in [0.15, 0.2) is 35.2 Å². The lowest BCUT2D eigenvalue weighted by Gasteiger charge is -2.26. The lowest BCUT2D eigenvalue weighted by atomic mass is 9.99. The van der Waals surface area contributed by atoms with E-state index in [4.69, 9.17) is 16.3 Å². The number of rotatable bonds is 7. The van der Waals surface area contributed by atoms with Crippen molar-refractivity contribution in [2.45, 2.75) is 49.9 Å². The van der Waals surface area contributed by atoms with E-state index in [1.54, 1.807) is 19.1 Å². The number of thioether (sulfide) groups is 1. The van der Waals surface area contributed by atoms with Crippen LogP contribution in [0.4, 0.5) is 28.4 Å². The summed E-state index contributed by atoms with van der Waals surface area (Å²) in [5.74, 6) is -4.29. The van der Waals surface area contributed by atoms with Crippen LogP contribution in [-0.2, 0) is 9.47 Å². The van der Waals surface area contributed by atoms with Gasteiger partial charge in [-0.3, -0.25) is 4.79 Å². The van der Waals surface area contributed by atoms with Gasteiger partial charge in [-0.15, -0.1) is 11.8 Å². The van der Waals surface area contributed by atoms with Crippen LogP contribution < -0.4 is 5.32 Å². The number of ether oxygens (including phenoxy) is 2. The molecule has 3 amide bonds. The van der Waals surface area contributed by atoms with E-state index >= 15 is 0 Å². The average molecular weight is 587 g/mol. The topological polar surface area (TPSA) is 84.9 Å². The number of carbonyl (C=O) groups excluding carboxylic acids is 3. The fourth-order valence-electron chi connectivity index (χ4n) is 4.66. The van der Waals surface area contributed by atoms with Gasteiger partial charge in [0.15, 0.2) is 17.5 Å². The van der Waals surface area contributed by atoms with Crippen LogP contribution >= 0.6 is 23.4 Å². The number of nitrogens with one attached hydrogen (secondary N) is 1. The monoisotopic (exact) mass is 586 g/mol. The van der Waals surface area contributed by atoms with E-state index in [1.165, 1.54) is 32.0 Å². The van der Waals surface area contributed by atoms with Gasteiger partial charge in [-0.05, 0) is 55.7 Å². The molecule has 0 radical (unpaired) electrons. The zero-order valence-corrected chi connectivity index (χ0v) is 23.7. The van der Waals surface area contributed by atoms with Gasteiger partial charge in [0.1, 0.15) is 6.10 Å². The van der Waals surface area contributed by atoms with Crippen molar-refractivity contribution < 1.29 is 37.0 Å². The van der Waals surface area contributed by atoms with E-state index in [-0.39, 0.29) is 28.3 Å². The van der Waals surface area contributed by atoms with Crippen molar-refractivity contribution in [2.24, 2.45) is 17.8 Å². The summed E-state index contributed by atoms with van der Waals surface area (Å²) in [7, 11) is 2.44. The fourth-order valence-corrected chi connectivity index (χ4v) is 6.48. The number of nitrogens with zero attached hydrogens (tertiary/aromatic N) is 1. The van der Waals surface area contributed by atoms with Crippen LogP contribution in [0.3, 0.4) is 0 Å². The smallest absolute Gasteiger partial charge is 0.419 e. The molecular formula is C27H30ClF3N2O5S. The molecule has 12 heteroatoms. The van der Waals surface area contributed by atoms with Gasteiger partial charge in [0.25, 0.3) is 5.91 Å². The highest BCUT2D eigenvalue weighted by Gasteiger charge is 2.40. The maximum Gasteiger partial charge on any atom is 0.419 e. The minimum Gasteiger partial charge on any atom is -0.452 e. The minimum atomic E-state index is -1.62. The molecule has 1 fully saturated rings. The van der Waals surface area contributed by atoms with Crippen molar-refractivity contribution >= 4 is 47.1 Å². The molecule has 1 aliphatic carbocycles. The first-order valence-electron chi connectivity index (χ1n) is 12.3. The van der Waals surface area contributed by atoms with E-state index in [2.05, 4.69) is 23.9 Å². The predicted octanol–water partition coefficient (Wildman–Crippen LogP) is 7.38. The zero-order valence-electron chi connectivity index (χ0n) is 22.1. The first-order chi connectivity index (χ1) is 18.3. The lowest BCUT2D eigenvalue weighted by molar-refractivity contribution is 0.0611. The Labute approximate surface area is 234 Å². The number of hydrogen-bond donors (Lipinski definition) is 1. The number of benzene rings is 2.